The van der Waals surface area contributed by atoms with Crippen molar-refractivity contribution in [3.05, 3.63) is 23.5 Å². The lowest BCUT2D eigenvalue weighted by molar-refractivity contribution is 0.139. The van der Waals surface area contributed by atoms with E-state index < -0.39 is 0 Å². The second-order valence-corrected chi connectivity index (χ2v) is 12.4. The van der Waals surface area contributed by atoms with Crippen molar-refractivity contribution in [1.82, 2.24) is 5.32 Å². The van der Waals surface area contributed by atoms with Crippen molar-refractivity contribution in [2.75, 3.05) is 19.7 Å². The summed E-state index contributed by atoms with van der Waals surface area (Å²) in [6.45, 7) is 19.2. The van der Waals surface area contributed by atoms with Gasteiger partial charge in [0.25, 0.3) is 0 Å². The van der Waals surface area contributed by atoms with Crippen LogP contribution in [0.15, 0.2) is 23.5 Å². The van der Waals surface area contributed by atoms with Crippen LogP contribution in [0, 0.1) is 23.2 Å². The highest BCUT2D eigenvalue weighted by Gasteiger charge is 2.42. The zero-order valence-corrected chi connectivity index (χ0v) is 25.7. The minimum absolute atomic E-state index is 0.550. The number of rotatable bonds is 24. The lowest BCUT2D eigenvalue weighted by Gasteiger charge is -2.23. The second-order valence-electron chi connectivity index (χ2n) is 12.4. The molecule has 0 spiro atoms. The molecule has 4 atom stereocenters. The molecule has 2 nitrogen and oxygen atoms in total. The number of ether oxygens (including phenoxy) is 1. The van der Waals surface area contributed by atoms with Gasteiger partial charge >= 0.3 is 0 Å². The summed E-state index contributed by atoms with van der Waals surface area (Å²) in [7, 11) is 0. The highest BCUT2D eigenvalue weighted by atomic mass is 16.5. The molecule has 0 saturated heterocycles. The summed E-state index contributed by atoms with van der Waals surface area (Å²) in [5.74, 6) is 3.54. The number of unbranched alkanes of at least 4 members (excludes halogenated alkanes) is 4. The van der Waals surface area contributed by atoms with E-state index in [2.05, 4.69) is 65.9 Å². The molecule has 0 aromatic carbocycles. The van der Waals surface area contributed by atoms with E-state index in [1.807, 2.05) is 0 Å². The highest BCUT2D eigenvalue weighted by Crippen LogP contribution is 2.55. The van der Waals surface area contributed by atoms with Crippen LogP contribution in [0.25, 0.3) is 0 Å². The van der Waals surface area contributed by atoms with Gasteiger partial charge in [0.15, 0.2) is 0 Å². The first-order valence-electron chi connectivity index (χ1n) is 16.0. The monoisotopic (exact) mass is 504 g/mol. The van der Waals surface area contributed by atoms with Gasteiger partial charge in [-0.25, -0.2) is 0 Å². The van der Waals surface area contributed by atoms with Crippen LogP contribution in [0.2, 0.25) is 0 Å². The molecule has 212 valence electrons. The Labute approximate surface area is 227 Å². The number of allylic oxidation sites excluding steroid dienone is 3. The number of hydrogen-bond donors (Lipinski definition) is 1. The molecule has 0 amide bonds. The van der Waals surface area contributed by atoms with Crippen molar-refractivity contribution in [3.8, 4) is 0 Å². The van der Waals surface area contributed by atoms with E-state index in [-0.39, 0.29) is 0 Å². The third kappa shape index (κ3) is 15.5. The topological polar surface area (TPSA) is 21.3 Å². The molecule has 0 radical (unpaired) electrons. The average Bonchev–Trinajstić information content (AvgIpc) is 3.53. The molecule has 36 heavy (non-hydrogen) atoms. The van der Waals surface area contributed by atoms with Crippen LogP contribution in [0.1, 0.15) is 151 Å². The van der Waals surface area contributed by atoms with Crippen LogP contribution in [0.4, 0.5) is 0 Å². The Morgan fingerprint density at radius 3 is 2.36 bits per heavy atom. The Morgan fingerprint density at radius 1 is 0.944 bits per heavy atom. The molecule has 1 N–H and O–H groups in total. The summed E-state index contributed by atoms with van der Waals surface area (Å²) in [6.07, 6.45) is 26.3. The van der Waals surface area contributed by atoms with E-state index in [0.717, 1.165) is 37.3 Å². The molecule has 1 aliphatic rings. The molecule has 1 rings (SSSR count). The largest absolute Gasteiger partial charge is 0.498 e. The third-order valence-electron chi connectivity index (χ3n) is 8.79. The maximum atomic E-state index is 6.29. The predicted molar refractivity (Wildman–Crippen MR) is 161 cm³/mol. The highest BCUT2D eigenvalue weighted by molar-refractivity contribution is 5.30. The van der Waals surface area contributed by atoms with Crippen molar-refractivity contribution in [2.45, 2.75) is 151 Å². The normalized spacial score (nSPS) is 21.5. The Hall–Kier alpha value is -0.760. The molecule has 0 aromatic heterocycles. The fraction of sp³-hybridized carbons (Fsp3) is 0.882. The Kier molecular flexibility index (Phi) is 18.7. The Morgan fingerprint density at radius 2 is 1.69 bits per heavy atom. The van der Waals surface area contributed by atoms with Crippen molar-refractivity contribution in [3.63, 3.8) is 0 Å². The van der Waals surface area contributed by atoms with Crippen molar-refractivity contribution < 1.29 is 4.74 Å². The summed E-state index contributed by atoms with van der Waals surface area (Å²) < 4.78 is 6.29. The maximum Gasteiger partial charge on any atom is 0.0905 e. The maximum absolute atomic E-state index is 6.29. The van der Waals surface area contributed by atoms with E-state index in [9.17, 15) is 0 Å². The summed E-state index contributed by atoms with van der Waals surface area (Å²) in [4.78, 5) is 0. The van der Waals surface area contributed by atoms with Crippen molar-refractivity contribution >= 4 is 0 Å². The summed E-state index contributed by atoms with van der Waals surface area (Å²) in [5.41, 5.74) is 2.24. The van der Waals surface area contributed by atoms with Gasteiger partial charge in [0.2, 0.25) is 0 Å². The number of hydrogen-bond acceptors (Lipinski definition) is 2. The first kappa shape index (κ1) is 33.3. The van der Waals surface area contributed by atoms with Crippen LogP contribution in [-0.2, 0) is 4.74 Å². The Bertz CT molecular complexity index is 594. The summed E-state index contributed by atoms with van der Waals surface area (Å²) in [6, 6.07) is 0. The van der Waals surface area contributed by atoms with E-state index in [0.29, 0.717) is 11.3 Å². The SMILES string of the molecule is CC=C1CC1(C)CCCCCC(COC(C)=CCNCCCC(C)CCCCC)CC(CC)CCC. The second kappa shape index (κ2) is 20.2. The predicted octanol–water partition coefficient (Wildman–Crippen LogP) is 10.6. The van der Waals surface area contributed by atoms with E-state index in [1.165, 1.54) is 103 Å². The molecular weight excluding hydrogens is 438 g/mol. The molecule has 1 saturated carbocycles. The fourth-order valence-electron chi connectivity index (χ4n) is 5.93. The zero-order valence-electron chi connectivity index (χ0n) is 25.7. The lowest BCUT2D eigenvalue weighted by atomic mass is 9.86. The van der Waals surface area contributed by atoms with Crippen LogP contribution in [0.5, 0.6) is 0 Å². The first-order chi connectivity index (χ1) is 17.4. The van der Waals surface area contributed by atoms with Crippen LogP contribution in [-0.4, -0.2) is 19.7 Å². The van der Waals surface area contributed by atoms with Gasteiger partial charge in [-0.1, -0.05) is 110 Å². The van der Waals surface area contributed by atoms with Crippen LogP contribution in [0.3, 0.4) is 0 Å². The van der Waals surface area contributed by atoms with Crippen LogP contribution >= 0.6 is 0 Å². The van der Waals surface area contributed by atoms with E-state index in [4.69, 9.17) is 4.74 Å². The van der Waals surface area contributed by atoms with Gasteiger partial charge in [-0.2, -0.15) is 0 Å². The molecule has 0 heterocycles. The zero-order chi connectivity index (χ0) is 26.7. The van der Waals surface area contributed by atoms with E-state index >= 15 is 0 Å². The van der Waals surface area contributed by atoms with Gasteiger partial charge in [0.05, 0.1) is 12.4 Å². The lowest BCUT2D eigenvalue weighted by Crippen LogP contribution is -2.17. The summed E-state index contributed by atoms with van der Waals surface area (Å²) >= 11 is 0. The average molecular weight is 504 g/mol. The van der Waals surface area contributed by atoms with Gasteiger partial charge < -0.3 is 10.1 Å². The smallest absolute Gasteiger partial charge is 0.0905 e. The van der Waals surface area contributed by atoms with Gasteiger partial charge in [-0.3, -0.25) is 0 Å². The van der Waals surface area contributed by atoms with Crippen molar-refractivity contribution in [1.29, 1.82) is 0 Å². The number of nitrogens with one attached hydrogen (secondary N) is 1. The van der Waals surface area contributed by atoms with Gasteiger partial charge in [-0.15, -0.1) is 0 Å². The first-order valence-corrected chi connectivity index (χ1v) is 16.0. The van der Waals surface area contributed by atoms with Gasteiger partial charge in [0.1, 0.15) is 0 Å². The standard InChI is InChI=1S/C34H65NO/c1-8-12-14-19-29(5)20-17-24-35-25-22-30(6)36-28-32(26-31(10-3)18-9-2)21-15-13-16-23-34(7)27-33(34)11-4/h11,22,29,31-32,35H,8-10,12-21,23-28H2,1-7H3. The molecule has 0 aliphatic heterocycles. The molecule has 0 aromatic rings. The minimum Gasteiger partial charge on any atom is -0.498 e. The molecule has 0 bridgehead atoms. The third-order valence-corrected chi connectivity index (χ3v) is 8.79. The molecular formula is C34H65NO. The van der Waals surface area contributed by atoms with Crippen molar-refractivity contribution in [2.24, 2.45) is 23.2 Å². The fourth-order valence-corrected chi connectivity index (χ4v) is 5.93. The van der Waals surface area contributed by atoms with E-state index in [1.54, 1.807) is 5.57 Å². The molecule has 1 aliphatic carbocycles. The molecule has 2 heteroatoms. The summed E-state index contributed by atoms with van der Waals surface area (Å²) in [5, 5.41) is 3.60. The van der Waals surface area contributed by atoms with Gasteiger partial charge in [0, 0.05) is 6.54 Å². The Balaban J connectivity index is 2.29. The molecule has 1 fully saturated rings. The quantitative estimate of drug-likeness (QED) is 0.0803. The minimum atomic E-state index is 0.550. The van der Waals surface area contributed by atoms with Gasteiger partial charge in [-0.05, 0) is 88.2 Å². The molecule has 4 unspecified atom stereocenters. The van der Waals surface area contributed by atoms with Crippen LogP contribution < -0.4 is 5.32 Å².